The van der Waals surface area contributed by atoms with Crippen LogP contribution < -0.4 is 19.1 Å². The van der Waals surface area contributed by atoms with Crippen LogP contribution in [-0.4, -0.2) is 72.2 Å². The minimum absolute atomic E-state index is 0.0178. The van der Waals surface area contributed by atoms with E-state index in [0.717, 1.165) is 23.4 Å². The van der Waals surface area contributed by atoms with Gasteiger partial charge in [0.1, 0.15) is 24.7 Å². The Labute approximate surface area is 213 Å². The van der Waals surface area contributed by atoms with Crippen molar-refractivity contribution >= 4 is 31.6 Å². The van der Waals surface area contributed by atoms with Gasteiger partial charge >= 0.3 is 0 Å². The summed E-state index contributed by atoms with van der Waals surface area (Å²) in [6.45, 7) is 4.74. The maximum atomic E-state index is 12.6. The Morgan fingerprint density at radius 2 is 1.56 bits per heavy atom. The Bertz CT molecular complexity index is 1220. The number of benzene rings is 2. The van der Waals surface area contributed by atoms with Crippen LogP contribution in [0.15, 0.2) is 53.4 Å². The van der Waals surface area contributed by atoms with E-state index in [-0.39, 0.29) is 30.7 Å². The number of hydrogen-bond acceptors (Lipinski definition) is 7. The molecule has 1 fully saturated rings. The second-order valence-corrected chi connectivity index (χ2v) is 12.6. The van der Waals surface area contributed by atoms with E-state index in [2.05, 4.69) is 5.32 Å². The normalized spacial score (nSPS) is 14.6. The third-order valence-corrected chi connectivity index (χ3v) is 8.46. The predicted molar refractivity (Wildman–Crippen MR) is 137 cm³/mol. The topological polar surface area (TPSA) is 122 Å². The fourth-order valence-electron chi connectivity index (χ4n) is 3.69. The summed E-state index contributed by atoms with van der Waals surface area (Å²) >= 11 is 0. The summed E-state index contributed by atoms with van der Waals surface area (Å²) in [5, 5.41) is 2.64. The minimum atomic E-state index is -3.70. The monoisotopic (exact) mass is 539 g/mol. The molecule has 1 saturated heterocycles. The zero-order valence-electron chi connectivity index (χ0n) is 20.7. The van der Waals surface area contributed by atoms with E-state index in [1.807, 2.05) is 13.8 Å². The summed E-state index contributed by atoms with van der Waals surface area (Å²) in [6.07, 6.45) is 2.76. The van der Waals surface area contributed by atoms with Gasteiger partial charge in [0.05, 0.1) is 29.5 Å². The number of rotatable bonds is 12. The lowest BCUT2D eigenvalue weighted by atomic mass is 10.3. The molecule has 36 heavy (non-hydrogen) atoms. The first-order valence-electron chi connectivity index (χ1n) is 11.7. The summed E-state index contributed by atoms with van der Waals surface area (Å²) in [4.78, 5) is 12.6. The molecule has 0 aromatic heterocycles. The highest BCUT2D eigenvalue weighted by molar-refractivity contribution is 7.92. The number of anilines is 1. The number of nitrogens with zero attached hydrogens (tertiary/aromatic N) is 2. The van der Waals surface area contributed by atoms with Crippen LogP contribution in [0.2, 0.25) is 0 Å². The largest absolute Gasteiger partial charge is 0.492 e. The lowest BCUT2D eigenvalue weighted by Gasteiger charge is -2.22. The smallest absolute Gasteiger partial charge is 0.243 e. The molecule has 0 bridgehead atoms. The number of ether oxygens (including phenoxy) is 2. The van der Waals surface area contributed by atoms with Gasteiger partial charge in [0, 0.05) is 13.1 Å². The second kappa shape index (κ2) is 11.9. The van der Waals surface area contributed by atoms with Crippen molar-refractivity contribution in [1.29, 1.82) is 0 Å². The lowest BCUT2D eigenvalue weighted by molar-refractivity contribution is -0.119. The fourth-order valence-corrected chi connectivity index (χ4v) is 6.07. The molecule has 0 spiro atoms. The van der Waals surface area contributed by atoms with Gasteiger partial charge in [0.15, 0.2) is 0 Å². The third-order valence-electron chi connectivity index (χ3n) is 5.40. The summed E-state index contributed by atoms with van der Waals surface area (Å²) < 4.78 is 63.4. The zero-order valence-corrected chi connectivity index (χ0v) is 22.3. The molecule has 12 heteroatoms. The van der Waals surface area contributed by atoms with Crippen molar-refractivity contribution in [3.63, 3.8) is 0 Å². The van der Waals surface area contributed by atoms with Crippen molar-refractivity contribution in [2.75, 3.05) is 43.3 Å². The van der Waals surface area contributed by atoms with E-state index in [9.17, 15) is 21.6 Å². The first-order chi connectivity index (χ1) is 17.0. The average Bonchev–Trinajstić information content (AvgIpc) is 3.36. The number of sulfonamides is 2. The van der Waals surface area contributed by atoms with Crippen LogP contribution in [0.5, 0.6) is 11.5 Å². The molecule has 1 heterocycles. The van der Waals surface area contributed by atoms with Crippen LogP contribution in [0.25, 0.3) is 0 Å². The van der Waals surface area contributed by atoms with E-state index in [4.69, 9.17) is 9.47 Å². The van der Waals surface area contributed by atoms with Crippen molar-refractivity contribution in [2.45, 2.75) is 37.7 Å². The molecule has 1 aliphatic rings. The molecule has 0 aliphatic carbocycles. The Kier molecular flexibility index (Phi) is 9.20. The van der Waals surface area contributed by atoms with Gasteiger partial charge in [0.25, 0.3) is 0 Å². The van der Waals surface area contributed by atoms with Crippen LogP contribution in [0.3, 0.4) is 0 Å². The molecule has 3 rings (SSSR count). The Morgan fingerprint density at radius 1 is 0.972 bits per heavy atom. The maximum Gasteiger partial charge on any atom is 0.243 e. The molecule has 198 valence electrons. The van der Waals surface area contributed by atoms with Crippen molar-refractivity contribution in [3.8, 4) is 11.5 Å². The molecule has 1 aliphatic heterocycles. The number of amides is 1. The van der Waals surface area contributed by atoms with Gasteiger partial charge in [0.2, 0.25) is 26.0 Å². The first-order valence-corrected chi connectivity index (χ1v) is 15.0. The fraction of sp³-hybridized carbons (Fsp3) is 0.458. The highest BCUT2D eigenvalue weighted by atomic mass is 32.2. The van der Waals surface area contributed by atoms with Gasteiger partial charge in [-0.25, -0.2) is 16.8 Å². The molecular formula is C24H33N3O7S2. The minimum Gasteiger partial charge on any atom is -0.492 e. The lowest BCUT2D eigenvalue weighted by Crippen LogP contribution is -2.41. The van der Waals surface area contributed by atoms with E-state index in [0.29, 0.717) is 30.3 Å². The average molecular weight is 540 g/mol. The van der Waals surface area contributed by atoms with Gasteiger partial charge in [-0.2, -0.15) is 4.31 Å². The molecular weight excluding hydrogens is 506 g/mol. The number of carbonyl (C=O) groups excluding carboxylic acids is 1. The number of nitrogens with one attached hydrogen (secondary N) is 1. The zero-order chi connectivity index (χ0) is 26.3. The van der Waals surface area contributed by atoms with Crippen molar-refractivity contribution in [2.24, 2.45) is 0 Å². The standard InChI is InChI=1S/C24H33N3O7S2/c1-19(2)34-22-8-6-20(7-9-22)27(35(3,29)30)18-24(28)25-14-17-33-21-10-12-23(13-11-21)36(31,32)26-15-4-5-16-26/h6-13,19H,4-5,14-18H2,1-3H3,(H,25,28). The van der Waals surface area contributed by atoms with E-state index in [1.54, 1.807) is 36.4 Å². The molecule has 10 nitrogen and oxygen atoms in total. The molecule has 0 atom stereocenters. The summed E-state index contributed by atoms with van der Waals surface area (Å²) in [5.41, 5.74) is 0.351. The highest BCUT2D eigenvalue weighted by Crippen LogP contribution is 2.23. The van der Waals surface area contributed by atoms with Crippen LogP contribution in [0, 0.1) is 0 Å². The molecule has 1 amide bonds. The van der Waals surface area contributed by atoms with Gasteiger partial charge in [-0.1, -0.05) is 0 Å². The van der Waals surface area contributed by atoms with Gasteiger partial charge < -0.3 is 14.8 Å². The predicted octanol–water partition coefficient (Wildman–Crippen LogP) is 2.22. The first kappa shape index (κ1) is 27.8. The van der Waals surface area contributed by atoms with Crippen LogP contribution in [0.1, 0.15) is 26.7 Å². The maximum absolute atomic E-state index is 12.6. The molecule has 0 unspecified atom stereocenters. The van der Waals surface area contributed by atoms with Gasteiger partial charge in [-0.15, -0.1) is 0 Å². The van der Waals surface area contributed by atoms with E-state index in [1.165, 1.54) is 16.4 Å². The van der Waals surface area contributed by atoms with Crippen LogP contribution in [-0.2, 0) is 24.8 Å². The number of hydrogen-bond donors (Lipinski definition) is 1. The number of carbonyl (C=O) groups is 1. The third kappa shape index (κ3) is 7.58. The molecule has 0 radical (unpaired) electrons. The SMILES string of the molecule is CC(C)Oc1ccc(N(CC(=O)NCCOc2ccc(S(=O)(=O)N3CCCC3)cc2)S(C)(=O)=O)cc1. The van der Waals surface area contributed by atoms with Gasteiger partial charge in [-0.3, -0.25) is 9.10 Å². The molecule has 2 aromatic carbocycles. The van der Waals surface area contributed by atoms with Crippen LogP contribution >= 0.6 is 0 Å². The highest BCUT2D eigenvalue weighted by Gasteiger charge is 2.27. The summed E-state index contributed by atoms with van der Waals surface area (Å²) in [5.74, 6) is 0.579. The quantitative estimate of drug-likeness (QED) is 0.411. The second-order valence-electron chi connectivity index (χ2n) is 8.71. The molecule has 1 N–H and O–H groups in total. The van der Waals surface area contributed by atoms with E-state index < -0.39 is 26.0 Å². The Morgan fingerprint density at radius 3 is 2.11 bits per heavy atom. The summed E-state index contributed by atoms with van der Waals surface area (Å²) in [6, 6.07) is 12.6. The van der Waals surface area contributed by atoms with Crippen molar-refractivity contribution in [3.05, 3.63) is 48.5 Å². The Hall–Kier alpha value is -2.83. The van der Waals surface area contributed by atoms with E-state index >= 15 is 0 Å². The Balaban J connectivity index is 1.49. The molecule has 0 saturated carbocycles. The van der Waals surface area contributed by atoms with Crippen molar-refractivity contribution in [1.82, 2.24) is 9.62 Å². The van der Waals surface area contributed by atoms with Crippen LogP contribution in [0.4, 0.5) is 5.69 Å². The van der Waals surface area contributed by atoms with Crippen molar-refractivity contribution < 1.29 is 31.1 Å². The summed E-state index contributed by atoms with van der Waals surface area (Å²) in [7, 11) is -7.18. The van der Waals surface area contributed by atoms with Gasteiger partial charge in [-0.05, 0) is 75.2 Å². The molecule has 2 aromatic rings.